The Labute approximate surface area is 461 Å². The van der Waals surface area contributed by atoms with E-state index < -0.39 is 12.1 Å². The van der Waals surface area contributed by atoms with Crippen LogP contribution in [0, 0.1) is 0 Å². The van der Waals surface area contributed by atoms with Crippen molar-refractivity contribution in [3.8, 4) is 0 Å². The third-order valence-electron chi connectivity index (χ3n) is 15.1. The van der Waals surface area contributed by atoms with Crippen molar-refractivity contribution in [2.24, 2.45) is 0 Å². The summed E-state index contributed by atoms with van der Waals surface area (Å²) in [6.45, 7) is 4.82. The van der Waals surface area contributed by atoms with E-state index in [-0.39, 0.29) is 18.5 Å². The predicted molar refractivity (Wildman–Crippen MR) is 324 cm³/mol. The fraction of sp³-hybridized carbons (Fsp3) is 0.853. The zero-order valence-electron chi connectivity index (χ0n) is 49.6. The molecule has 74 heavy (non-hydrogen) atoms. The van der Waals surface area contributed by atoms with E-state index in [1.807, 2.05) is 0 Å². The van der Waals surface area contributed by atoms with Crippen LogP contribution in [0.5, 0.6) is 0 Å². The quantitative estimate of drug-likeness (QED) is 0.0320. The van der Waals surface area contributed by atoms with Crippen LogP contribution < -0.4 is 5.32 Å². The Morgan fingerprint density at radius 3 is 1.07 bits per heavy atom. The van der Waals surface area contributed by atoms with Crippen molar-refractivity contribution in [1.82, 2.24) is 5.32 Å². The molecule has 0 spiro atoms. The number of unbranched alkanes of at least 4 members (excludes halogenated alkanes) is 42. The van der Waals surface area contributed by atoms with Crippen molar-refractivity contribution in [2.75, 3.05) is 13.2 Å². The normalized spacial score (nSPS) is 12.9. The van der Waals surface area contributed by atoms with Gasteiger partial charge in [-0.25, -0.2) is 0 Å². The van der Waals surface area contributed by atoms with Crippen LogP contribution in [-0.4, -0.2) is 47.4 Å². The van der Waals surface area contributed by atoms with Crippen LogP contribution in [0.1, 0.15) is 348 Å². The van der Waals surface area contributed by atoms with Crippen LogP contribution in [-0.2, 0) is 14.3 Å². The van der Waals surface area contributed by atoms with Crippen LogP contribution >= 0.6 is 0 Å². The van der Waals surface area contributed by atoms with Gasteiger partial charge in [-0.2, -0.15) is 0 Å². The Bertz CT molecular complexity index is 1240. The highest BCUT2D eigenvalue weighted by molar-refractivity contribution is 5.76. The van der Waals surface area contributed by atoms with Gasteiger partial charge in [0.05, 0.1) is 25.4 Å². The maximum absolute atomic E-state index is 12.5. The SMILES string of the molecule is CCCC/C=C\C/C=C\CCCCCCCC(=O)OCC/C=C\C/C=C\CCCCCCCCCCCCCCCCC(=O)NC(CO)C(O)CCCCCCCCCCCCCCCCCCCCCCCC. The topological polar surface area (TPSA) is 95.9 Å². The first-order chi connectivity index (χ1) is 36.5. The number of aliphatic hydroxyl groups is 2. The summed E-state index contributed by atoms with van der Waals surface area (Å²) in [5.41, 5.74) is 0. The minimum absolute atomic E-state index is 0.0371. The molecule has 1 amide bonds. The van der Waals surface area contributed by atoms with Gasteiger partial charge in [-0.1, -0.05) is 313 Å². The zero-order valence-corrected chi connectivity index (χ0v) is 49.6. The van der Waals surface area contributed by atoms with Gasteiger partial charge < -0.3 is 20.3 Å². The van der Waals surface area contributed by atoms with Crippen molar-refractivity contribution < 1.29 is 24.5 Å². The summed E-state index contributed by atoms with van der Waals surface area (Å²) in [4.78, 5) is 24.5. The smallest absolute Gasteiger partial charge is 0.305 e. The van der Waals surface area contributed by atoms with Gasteiger partial charge in [-0.15, -0.1) is 0 Å². The Morgan fingerprint density at radius 2 is 0.689 bits per heavy atom. The molecule has 6 heteroatoms. The monoisotopic (exact) mass is 1040 g/mol. The Morgan fingerprint density at radius 1 is 0.378 bits per heavy atom. The zero-order chi connectivity index (χ0) is 53.6. The molecule has 0 saturated heterocycles. The van der Waals surface area contributed by atoms with E-state index in [0.29, 0.717) is 25.9 Å². The molecule has 3 N–H and O–H groups in total. The van der Waals surface area contributed by atoms with Gasteiger partial charge in [0.15, 0.2) is 0 Å². The Kier molecular flexibility index (Phi) is 61.5. The van der Waals surface area contributed by atoms with E-state index in [1.165, 1.54) is 250 Å². The summed E-state index contributed by atoms with van der Waals surface area (Å²) in [7, 11) is 0. The number of aliphatic hydroxyl groups excluding tert-OH is 2. The van der Waals surface area contributed by atoms with Gasteiger partial charge in [0.1, 0.15) is 0 Å². The molecule has 0 radical (unpaired) electrons. The van der Waals surface area contributed by atoms with Gasteiger partial charge in [-0.05, 0) is 70.6 Å². The summed E-state index contributed by atoms with van der Waals surface area (Å²) in [5.74, 6) is -0.0868. The molecule has 2 atom stereocenters. The van der Waals surface area contributed by atoms with Crippen LogP contribution in [0.3, 0.4) is 0 Å². The minimum Gasteiger partial charge on any atom is -0.465 e. The number of ether oxygens (including phenoxy) is 1. The van der Waals surface area contributed by atoms with Crippen LogP contribution in [0.25, 0.3) is 0 Å². The number of allylic oxidation sites excluding steroid dienone is 7. The fourth-order valence-corrected chi connectivity index (χ4v) is 10.1. The molecule has 434 valence electrons. The third kappa shape index (κ3) is 59.1. The van der Waals surface area contributed by atoms with Crippen molar-refractivity contribution in [3.63, 3.8) is 0 Å². The second-order valence-corrected chi connectivity index (χ2v) is 22.4. The maximum Gasteiger partial charge on any atom is 0.305 e. The number of rotatable bonds is 61. The molecule has 0 aliphatic rings. The first-order valence-electron chi connectivity index (χ1n) is 32.9. The van der Waals surface area contributed by atoms with Gasteiger partial charge >= 0.3 is 5.97 Å². The molecule has 0 aliphatic heterocycles. The maximum atomic E-state index is 12.5. The van der Waals surface area contributed by atoms with Crippen LogP contribution in [0.15, 0.2) is 48.6 Å². The summed E-state index contributed by atoms with van der Waals surface area (Å²) in [5, 5.41) is 23.4. The average molecular weight is 1040 g/mol. The number of esters is 1. The standard InChI is InChI=1S/C68H127NO5/c1-3-5-7-9-11-13-15-17-19-20-21-22-24-27-30-33-36-40-44-48-52-56-60-66(71)65(64-70)69-67(72)61-57-53-49-45-41-37-34-31-28-25-23-26-29-32-35-39-43-47-51-55-59-63-74-68(73)62-58-54-50-46-42-38-18-16-14-12-10-8-6-4-2/h10,12,16,18,39,43,51,55,65-66,70-71H,3-9,11,13-15,17,19-38,40-42,44-50,52-54,56-64H2,1-2H3,(H,69,72)/b12-10-,18-16-,43-39-,55-51-. The predicted octanol–water partition coefficient (Wildman–Crippen LogP) is 20.9. The van der Waals surface area contributed by atoms with Crippen molar-refractivity contribution in [1.29, 1.82) is 0 Å². The number of carbonyl (C=O) groups excluding carboxylic acids is 2. The average Bonchev–Trinajstić information content (AvgIpc) is 3.40. The first kappa shape index (κ1) is 71.8. The lowest BCUT2D eigenvalue weighted by molar-refractivity contribution is -0.143. The van der Waals surface area contributed by atoms with E-state index >= 15 is 0 Å². The highest BCUT2D eigenvalue weighted by atomic mass is 16.5. The lowest BCUT2D eigenvalue weighted by Gasteiger charge is -2.22. The van der Waals surface area contributed by atoms with Gasteiger partial charge in [0.25, 0.3) is 0 Å². The van der Waals surface area contributed by atoms with Gasteiger partial charge in [0, 0.05) is 12.8 Å². The second kappa shape index (κ2) is 63.4. The number of hydrogen-bond acceptors (Lipinski definition) is 5. The molecule has 0 bridgehead atoms. The third-order valence-corrected chi connectivity index (χ3v) is 15.1. The molecule has 0 rings (SSSR count). The molecular formula is C68H127NO5. The molecular weight excluding hydrogens is 911 g/mol. The van der Waals surface area contributed by atoms with E-state index in [9.17, 15) is 19.8 Å². The van der Waals surface area contributed by atoms with E-state index in [0.717, 1.165) is 64.2 Å². The summed E-state index contributed by atoms with van der Waals surface area (Å²) < 4.78 is 5.41. The van der Waals surface area contributed by atoms with E-state index in [4.69, 9.17) is 4.74 Å². The second-order valence-electron chi connectivity index (χ2n) is 22.4. The molecule has 0 aromatic heterocycles. The molecule has 0 aliphatic carbocycles. The summed E-state index contributed by atoms with van der Waals surface area (Å²) in [6.07, 6.45) is 81.5. The van der Waals surface area contributed by atoms with Crippen molar-refractivity contribution >= 4 is 11.9 Å². The fourth-order valence-electron chi connectivity index (χ4n) is 10.1. The lowest BCUT2D eigenvalue weighted by atomic mass is 10.0. The highest BCUT2D eigenvalue weighted by Gasteiger charge is 2.20. The molecule has 0 aromatic carbocycles. The van der Waals surface area contributed by atoms with Crippen LogP contribution in [0.2, 0.25) is 0 Å². The lowest BCUT2D eigenvalue weighted by Crippen LogP contribution is -2.45. The van der Waals surface area contributed by atoms with E-state index in [1.54, 1.807) is 0 Å². The Hall–Kier alpha value is -2.18. The molecule has 0 saturated carbocycles. The van der Waals surface area contributed by atoms with Crippen molar-refractivity contribution in [2.45, 2.75) is 360 Å². The van der Waals surface area contributed by atoms with E-state index in [2.05, 4.69) is 67.8 Å². The molecule has 0 fully saturated rings. The Balaban J connectivity index is 3.46. The largest absolute Gasteiger partial charge is 0.465 e. The summed E-state index contributed by atoms with van der Waals surface area (Å²) in [6, 6.07) is -0.548. The number of amides is 1. The minimum atomic E-state index is -0.670. The highest BCUT2D eigenvalue weighted by Crippen LogP contribution is 2.18. The van der Waals surface area contributed by atoms with Gasteiger partial charge in [0.2, 0.25) is 5.91 Å². The first-order valence-corrected chi connectivity index (χ1v) is 32.9. The van der Waals surface area contributed by atoms with Gasteiger partial charge in [-0.3, -0.25) is 9.59 Å². The molecule has 0 aromatic rings. The number of nitrogens with one attached hydrogen (secondary N) is 1. The van der Waals surface area contributed by atoms with Crippen LogP contribution in [0.4, 0.5) is 0 Å². The number of hydrogen-bond donors (Lipinski definition) is 3. The summed E-state index contributed by atoms with van der Waals surface area (Å²) >= 11 is 0. The number of carbonyl (C=O) groups is 2. The van der Waals surface area contributed by atoms with Crippen molar-refractivity contribution in [3.05, 3.63) is 48.6 Å². The molecule has 0 heterocycles. The molecule has 6 nitrogen and oxygen atoms in total. The molecule has 2 unspecified atom stereocenters.